The highest BCUT2D eigenvalue weighted by Gasteiger charge is 2.14. The van der Waals surface area contributed by atoms with Crippen molar-refractivity contribution in [3.8, 4) is 10.4 Å². The van der Waals surface area contributed by atoms with Crippen molar-refractivity contribution in [3.63, 3.8) is 0 Å². The summed E-state index contributed by atoms with van der Waals surface area (Å²) in [6, 6.07) is 4.24. The molecule has 3 nitrogen and oxygen atoms in total. The second-order valence-corrected chi connectivity index (χ2v) is 5.00. The molecule has 0 aromatic carbocycles. The lowest BCUT2D eigenvalue weighted by Gasteiger charge is -2.00. The quantitative estimate of drug-likeness (QED) is 0.889. The number of hydrogen-bond acceptors (Lipinski definition) is 3. The van der Waals surface area contributed by atoms with E-state index in [4.69, 9.17) is 5.73 Å². The molecule has 2 aromatic heterocycles. The van der Waals surface area contributed by atoms with Crippen molar-refractivity contribution in [2.45, 2.75) is 33.9 Å². The highest BCUT2D eigenvalue weighted by atomic mass is 32.1. The molecule has 0 radical (unpaired) electrons. The molecule has 0 aliphatic rings. The zero-order valence-corrected chi connectivity index (χ0v) is 10.8. The number of rotatable bonds is 3. The van der Waals surface area contributed by atoms with E-state index >= 15 is 0 Å². The van der Waals surface area contributed by atoms with Crippen LogP contribution in [0.25, 0.3) is 10.4 Å². The van der Waals surface area contributed by atoms with Crippen LogP contribution in [0.3, 0.4) is 0 Å². The van der Waals surface area contributed by atoms with E-state index in [1.54, 1.807) is 11.3 Å². The van der Waals surface area contributed by atoms with Crippen LogP contribution >= 0.6 is 11.3 Å². The lowest BCUT2D eigenvalue weighted by atomic mass is 10.1. The van der Waals surface area contributed by atoms with E-state index in [2.05, 4.69) is 38.0 Å². The zero-order chi connectivity index (χ0) is 11.7. The fourth-order valence-electron chi connectivity index (χ4n) is 1.98. The molecule has 0 unspecified atom stereocenters. The predicted molar refractivity (Wildman–Crippen MR) is 68.6 cm³/mol. The first-order chi connectivity index (χ1) is 7.67. The summed E-state index contributed by atoms with van der Waals surface area (Å²) in [5.41, 5.74) is 9.25. The molecule has 0 aliphatic carbocycles. The van der Waals surface area contributed by atoms with E-state index in [-0.39, 0.29) is 0 Å². The van der Waals surface area contributed by atoms with E-state index in [9.17, 15) is 0 Å². The van der Waals surface area contributed by atoms with Gasteiger partial charge in [0.15, 0.2) is 0 Å². The van der Waals surface area contributed by atoms with Crippen molar-refractivity contribution in [2.24, 2.45) is 5.73 Å². The van der Waals surface area contributed by atoms with Gasteiger partial charge in [-0.2, -0.15) is 5.10 Å². The van der Waals surface area contributed by atoms with Gasteiger partial charge < -0.3 is 5.73 Å². The van der Waals surface area contributed by atoms with Gasteiger partial charge in [-0.15, -0.1) is 11.3 Å². The average molecular weight is 235 g/mol. The van der Waals surface area contributed by atoms with Crippen LogP contribution in [0.2, 0.25) is 0 Å². The Morgan fingerprint density at radius 2 is 2.12 bits per heavy atom. The minimum atomic E-state index is 0.616. The van der Waals surface area contributed by atoms with Gasteiger partial charge in [0, 0.05) is 34.1 Å². The molecule has 2 heterocycles. The van der Waals surface area contributed by atoms with Crippen molar-refractivity contribution >= 4 is 11.3 Å². The summed E-state index contributed by atoms with van der Waals surface area (Å²) < 4.78 is 2.05. The summed E-state index contributed by atoms with van der Waals surface area (Å²) >= 11 is 1.76. The molecule has 0 saturated carbocycles. The van der Waals surface area contributed by atoms with Crippen LogP contribution in [0, 0.1) is 13.8 Å². The van der Waals surface area contributed by atoms with Gasteiger partial charge in [0.2, 0.25) is 0 Å². The maximum atomic E-state index is 5.64. The molecule has 0 bridgehead atoms. The molecule has 0 amide bonds. The number of aryl methyl sites for hydroxylation is 2. The molecule has 0 fully saturated rings. The Balaban J connectivity index is 2.50. The van der Waals surface area contributed by atoms with Gasteiger partial charge in [-0.3, -0.25) is 4.68 Å². The fraction of sp³-hybridized carbons (Fsp3) is 0.417. The third-order valence-corrected chi connectivity index (χ3v) is 3.92. The highest BCUT2D eigenvalue weighted by molar-refractivity contribution is 7.15. The van der Waals surface area contributed by atoms with Crippen LogP contribution in [0.5, 0.6) is 0 Å². The normalized spacial score (nSPS) is 11.0. The van der Waals surface area contributed by atoms with Gasteiger partial charge in [0.05, 0.1) is 5.69 Å². The van der Waals surface area contributed by atoms with Crippen molar-refractivity contribution < 1.29 is 0 Å². The first-order valence-electron chi connectivity index (χ1n) is 5.50. The van der Waals surface area contributed by atoms with Crippen LogP contribution in [0.1, 0.15) is 23.2 Å². The Morgan fingerprint density at radius 3 is 2.62 bits per heavy atom. The number of nitrogens with zero attached hydrogens (tertiary/aromatic N) is 2. The highest BCUT2D eigenvalue weighted by Crippen LogP contribution is 2.32. The Morgan fingerprint density at radius 1 is 1.38 bits per heavy atom. The lowest BCUT2D eigenvalue weighted by Crippen LogP contribution is -1.98. The molecule has 0 aliphatic heterocycles. The summed E-state index contributed by atoms with van der Waals surface area (Å²) in [4.78, 5) is 2.49. The standard InChI is InChI=1S/C12H17N3S/c1-4-15-9(3)12(8(2)14-15)11-6-5-10(7-13)16-11/h5-6H,4,7,13H2,1-3H3. The van der Waals surface area contributed by atoms with Gasteiger partial charge in [0.25, 0.3) is 0 Å². The van der Waals surface area contributed by atoms with Crippen molar-refractivity contribution in [3.05, 3.63) is 28.4 Å². The maximum Gasteiger partial charge on any atom is 0.0683 e. The molecular weight excluding hydrogens is 218 g/mol. The first kappa shape index (κ1) is 11.4. The summed E-state index contributed by atoms with van der Waals surface area (Å²) in [6.45, 7) is 7.84. The third-order valence-electron chi connectivity index (χ3n) is 2.79. The van der Waals surface area contributed by atoms with Crippen molar-refractivity contribution in [1.82, 2.24) is 9.78 Å². The Labute approximate surface area is 99.9 Å². The largest absolute Gasteiger partial charge is 0.326 e. The molecule has 0 atom stereocenters. The van der Waals surface area contributed by atoms with E-state index < -0.39 is 0 Å². The van der Waals surface area contributed by atoms with Gasteiger partial charge in [-0.25, -0.2) is 0 Å². The Kier molecular flexibility index (Phi) is 3.12. The molecule has 2 aromatic rings. The molecule has 0 spiro atoms. The average Bonchev–Trinajstić information content (AvgIpc) is 2.83. The third kappa shape index (κ3) is 1.79. The van der Waals surface area contributed by atoms with Crippen LogP contribution < -0.4 is 5.73 Å². The molecule has 86 valence electrons. The molecule has 16 heavy (non-hydrogen) atoms. The first-order valence-corrected chi connectivity index (χ1v) is 6.32. The van der Waals surface area contributed by atoms with Crippen LogP contribution in [0.4, 0.5) is 0 Å². The second kappa shape index (κ2) is 4.39. The second-order valence-electron chi connectivity index (χ2n) is 3.83. The summed E-state index contributed by atoms with van der Waals surface area (Å²) in [6.07, 6.45) is 0. The van der Waals surface area contributed by atoms with E-state index in [0.717, 1.165) is 12.2 Å². The minimum absolute atomic E-state index is 0.616. The smallest absolute Gasteiger partial charge is 0.0683 e. The van der Waals surface area contributed by atoms with Crippen LogP contribution in [-0.2, 0) is 13.1 Å². The summed E-state index contributed by atoms with van der Waals surface area (Å²) in [5, 5.41) is 4.53. The van der Waals surface area contributed by atoms with E-state index in [1.165, 1.54) is 21.0 Å². The topological polar surface area (TPSA) is 43.8 Å². The monoisotopic (exact) mass is 235 g/mol. The summed E-state index contributed by atoms with van der Waals surface area (Å²) in [7, 11) is 0. The molecular formula is C12H17N3S. The number of thiophene rings is 1. The van der Waals surface area contributed by atoms with E-state index in [0.29, 0.717) is 6.54 Å². The summed E-state index contributed by atoms with van der Waals surface area (Å²) in [5.74, 6) is 0. The number of hydrogen-bond donors (Lipinski definition) is 1. The Bertz CT molecular complexity index is 496. The van der Waals surface area contributed by atoms with Crippen LogP contribution in [-0.4, -0.2) is 9.78 Å². The SMILES string of the molecule is CCn1nc(C)c(-c2ccc(CN)s2)c1C. The van der Waals surface area contributed by atoms with Crippen molar-refractivity contribution in [2.75, 3.05) is 0 Å². The van der Waals surface area contributed by atoms with Gasteiger partial charge in [-0.1, -0.05) is 0 Å². The Hall–Kier alpha value is -1.13. The van der Waals surface area contributed by atoms with Gasteiger partial charge in [-0.05, 0) is 32.9 Å². The fourth-order valence-corrected chi connectivity index (χ4v) is 3.02. The maximum absolute atomic E-state index is 5.64. The number of nitrogens with two attached hydrogens (primary N) is 1. The number of aromatic nitrogens is 2. The zero-order valence-electron chi connectivity index (χ0n) is 9.95. The van der Waals surface area contributed by atoms with Gasteiger partial charge >= 0.3 is 0 Å². The molecule has 2 N–H and O–H groups in total. The van der Waals surface area contributed by atoms with E-state index in [1.807, 2.05) is 4.68 Å². The predicted octanol–water partition coefficient (Wildman–Crippen LogP) is 2.71. The molecule has 0 saturated heterocycles. The van der Waals surface area contributed by atoms with Crippen molar-refractivity contribution in [1.29, 1.82) is 0 Å². The molecule has 4 heteroatoms. The lowest BCUT2D eigenvalue weighted by molar-refractivity contribution is 0.634. The minimum Gasteiger partial charge on any atom is -0.326 e. The molecule has 2 rings (SSSR count). The van der Waals surface area contributed by atoms with Gasteiger partial charge in [0.1, 0.15) is 0 Å². The van der Waals surface area contributed by atoms with Crippen LogP contribution in [0.15, 0.2) is 12.1 Å².